The lowest BCUT2D eigenvalue weighted by molar-refractivity contribution is 0.0000596. The smallest absolute Gasteiger partial charge is 0.0125 e. The number of rotatable bonds is 5. The molecule has 1 saturated heterocycles. The maximum atomic E-state index is 2.65. The molecule has 1 heteroatoms. The van der Waals surface area contributed by atoms with Crippen LogP contribution in [0.15, 0.2) is 24.3 Å². The maximum absolute atomic E-state index is 2.65. The second-order valence-electron chi connectivity index (χ2n) is 11.8. The Hall–Kier alpha value is -0.820. The fraction of sp³-hybridized carbons (Fsp3) is 0.769. The zero-order valence-electron chi connectivity index (χ0n) is 18.9. The minimum absolute atomic E-state index is 0.372. The quantitative estimate of drug-likeness (QED) is 0.555. The van der Waals surface area contributed by atoms with Gasteiger partial charge in [-0.1, -0.05) is 57.9 Å². The van der Waals surface area contributed by atoms with Crippen molar-refractivity contribution in [2.75, 3.05) is 13.1 Å². The summed E-state index contributed by atoms with van der Waals surface area (Å²) in [5.74, 6) is 2.89. The largest absolute Gasteiger partial charge is 0.298 e. The van der Waals surface area contributed by atoms with E-state index in [0.29, 0.717) is 11.0 Å². The molecule has 1 heterocycles. The van der Waals surface area contributed by atoms with Crippen LogP contribution in [-0.2, 0) is 12.8 Å². The van der Waals surface area contributed by atoms with Crippen LogP contribution in [0.2, 0.25) is 0 Å². The molecule has 0 spiro atoms. The van der Waals surface area contributed by atoms with E-state index in [1.807, 2.05) is 0 Å². The first-order valence-electron chi connectivity index (χ1n) is 11.4. The topological polar surface area (TPSA) is 3.24 Å². The van der Waals surface area contributed by atoms with Crippen LogP contribution in [-0.4, -0.2) is 23.5 Å². The van der Waals surface area contributed by atoms with E-state index in [1.165, 1.54) is 63.6 Å². The van der Waals surface area contributed by atoms with Crippen molar-refractivity contribution in [2.24, 2.45) is 23.2 Å². The minimum atomic E-state index is 0.372. The molecule has 2 aliphatic rings. The van der Waals surface area contributed by atoms with Crippen LogP contribution in [0.5, 0.6) is 0 Å². The Kier molecular flexibility index (Phi) is 6.41. The lowest BCUT2D eigenvalue weighted by atomic mass is 9.74. The molecule has 1 aromatic rings. The van der Waals surface area contributed by atoms with E-state index in [-0.39, 0.29) is 0 Å². The van der Waals surface area contributed by atoms with Crippen molar-refractivity contribution in [3.63, 3.8) is 0 Å². The molecule has 0 amide bonds. The predicted octanol–water partition coefficient (Wildman–Crippen LogP) is 6.74. The van der Waals surface area contributed by atoms with Gasteiger partial charge in [0.1, 0.15) is 0 Å². The van der Waals surface area contributed by atoms with E-state index in [1.54, 1.807) is 5.56 Å². The lowest BCUT2D eigenvalue weighted by Crippen LogP contribution is -2.56. The molecule has 27 heavy (non-hydrogen) atoms. The predicted molar refractivity (Wildman–Crippen MR) is 118 cm³/mol. The van der Waals surface area contributed by atoms with Gasteiger partial charge >= 0.3 is 0 Å². The van der Waals surface area contributed by atoms with Gasteiger partial charge in [-0.3, -0.25) is 4.90 Å². The summed E-state index contributed by atoms with van der Waals surface area (Å²) in [6, 6.07) is 9.51. The maximum Gasteiger partial charge on any atom is 0.0125 e. The van der Waals surface area contributed by atoms with Crippen molar-refractivity contribution in [3.8, 4) is 0 Å². The molecule has 2 fully saturated rings. The molecular formula is C26H43N. The zero-order valence-corrected chi connectivity index (χ0v) is 18.9. The SMILES string of the molecule is CC(C)(C)Cc1ccc(CC2CCC(CC3CN(C(C)(C)C)C3)CC2)cc1. The summed E-state index contributed by atoms with van der Waals surface area (Å²) in [6.07, 6.45) is 9.79. The average molecular weight is 370 g/mol. The van der Waals surface area contributed by atoms with Crippen LogP contribution in [0.1, 0.15) is 84.8 Å². The fourth-order valence-corrected chi connectivity index (χ4v) is 5.15. The van der Waals surface area contributed by atoms with Gasteiger partial charge in [0.05, 0.1) is 0 Å². The van der Waals surface area contributed by atoms with Gasteiger partial charge in [-0.2, -0.15) is 0 Å². The Morgan fingerprint density at radius 1 is 0.741 bits per heavy atom. The summed E-state index contributed by atoms with van der Waals surface area (Å²) in [7, 11) is 0. The van der Waals surface area contributed by atoms with Gasteiger partial charge in [0, 0.05) is 18.6 Å². The summed E-state index contributed by atoms with van der Waals surface area (Å²) < 4.78 is 0. The van der Waals surface area contributed by atoms with Crippen LogP contribution in [0.25, 0.3) is 0 Å². The normalized spacial score (nSPS) is 25.4. The molecule has 1 aliphatic heterocycles. The molecule has 1 aromatic carbocycles. The Labute approximate surface area is 168 Å². The molecule has 0 radical (unpaired) electrons. The van der Waals surface area contributed by atoms with Gasteiger partial charge in [-0.05, 0) is 87.2 Å². The highest BCUT2D eigenvalue weighted by atomic mass is 15.2. The number of benzene rings is 1. The molecule has 1 saturated carbocycles. The van der Waals surface area contributed by atoms with E-state index >= 15 is 0 Å². The highest BCUT2D eigenvalue weighted by Crippen LogP contribution is 2.37. The fourth-order valence-electron chi connectivity index (χ4n) is 5.15. The van der Waals surface area contributed by atoms with Gasteiger partial charge in [0.2, 0.25) is 0 Å². The van der Waals surface area contributed by atoms with E-state index in [0.717, 1.165) is 17.8 Å². The van der Waals surface area contributed by atoms with E-state index in [9.17, 15) is 0 Å². The van der Waals surface area contributed by atoms with Gasteiger partial charge in [0.25, 0.3) is 0 Å². The molecule has 1 nitrogen and oxygen atoms in total. The van der Waals surface area contributed by atoms with Crippen molar-refractivity contribution < 1.29 is 0 Å². The first-order valence-corrected chi connectivity index (χ1v) is 11.4. The molecule has 0 N–H and O–H groups in total. The molecule has 3 rings (SSSR count). The first-order chi connectivity index (χ1) is 12.6. The lowest BCUT2D eigenvalue weighted by Gasteiger charge is -2.49. The van der Waals surface area contributed by atoms with E-state index in [2.05, 4.69) is 70.7 Å². The summed E-state index contributed by atoms with van der Waals surface area (Å²) in [5, 5.41) is 0. The summed E-state index contributed by atoms with van der Waals surface area (Å²) in [4.78, 5) is 2.65. The average Bonchev–Trinajstić information content (AvgIpc) is 2.51. The number of hydrogen-bond donors (Lipinski definition) is 0. The van der Waals surface area contributed by atoms with Crippen LogP contribution in [0, 0.1) is 23.2 Å². The Morgan fingerprint density at radius 3 is 1.78 bits per heavy atom. The number of likely N-dealkylation sites (tertiary alicyclic amines) is 1. The second-order valence-corrected chi connectivity index (χ2v) is 11.8. The van der Waals surface area contributed by atoms with Gasteiger partial charge in [-0.25, -0.2) is 0 Å². The van der Waals surface area contributed by atoms with Crippen LogP contribution in [0.4, 0.5) is 0 Å². The highest BCUT2D eigenvalue weighted by Gasteiger charge is 2.35. The number of hydrogen-bond acceptors (Lipinski definition) is 1. The summed E-state index contributed by atoms with van der Waals surface area (Å²) >= 11 is 0. The second kappa shape index (κ2) is 8.27. The third-order valence-electron chi connectivity index (χ3n) is 6.82. The van der Waals surface area contributed by atoms with Crippen molar-refractivity contribution in [1.29, 1.82) is 0 Å². The first kappa shape index (κ1) is 20.9. The van der Waals surface area contributed by atoms with Gasteiger partial charge in [-0.15, -0.1) is 0 Å². The van der Waals surface area contributed by atoms with E-state index < -0.39 is 0 Å². The molecule has 0 aromatic heterocycles. The molecule has 0 bridgehead atoms. The monoisotopic (exact) mass is 369 g/mol. The number of nitrogens with zero attached hydrogens (tertiary/aromatic N) is 1. The Balaban J connectivity index is 1.37. The highest BCUT2D eigenvalue weighted by molar-refractivity contribution is 5.23. The van der Waals surface area contributed by atoms with Crippen molar-refractivity contribution >= 4 is 0 Å². The molecule has 1 aliphatic carbocycles. The Morgan fingerprint density at radius 2 is 1.26 bits per heavy atom. The van der Waals surface area contributed by atoms with Crippen molar-refractivity contribution in [3.05, 3.63) is 35.4 Å². The minimum Gasteiger partial charge on any atom is -0.298 e. The Bertz CT molecular complexity index is 572. The van der Waals surface area contributed by atoms with Crippen LogP contribution in [0.3, 0.4) is 0 Å². The molecule has 152 valence electrons. The zero-order chi connectivity index (χ0) is 19.7. The van der Waals surface area contributed by atoms with Crippen LogP contribution >= 0.6 is 0 Å². The van der Waals surface area contributed by atoms with Crippen LogP contribution < -0.4 is 0 Å². The van der Waals surface area contributed by atoms with Gasteiger partial charge < -0.3 is 0 Å². The summed E-state index contributed by atoms with van der Waals surface area (Å²) in [6.45, 7) is 16.7. The molecule has 0 atom stereocenters. The molecular weight excluding hydrogens is 326 g/mol. The third-order valence-corrected chi connectivity index (χ3v) is 6.82. The standard InChI is InChI=1S/C26H43N/c1-25(2,3)17-23-13-11-21(12-14-23)15-20-7-9-22(10-8-20)16-24-18-27(19-24)26(4,5)6/h11-14,20,22,24H,7-10,15-19H2,1-6H3. The molecule has 0 unspecified atom stereocenters. The van der Waals surface area contributed by atoms with Crippen molar-refractivity contribution in [1.82, 2.24) is 4.90 Å². The summed E-state index contributed by atoms with van der Waals surface area (Å²) in [5.41, 5.74) is 3.79. The van der Waals surface area contributed by atoms with Gasteiger partial charge in [0.15, 0.2) is 0 Å². The van der Waals surface area contributed by atoms with Crippen molar-refractivity contribution in [2.45, 2.75) is 92.0 Å². The third kappa shape index (κ3) is 6.34. The van der Waals surface area contributed by atoms with E-state index in [4.69, 9.17) is 0 Å².